The number of benzene rings is 1. The third-order valence-corrected chi connectivity index (χ3v) is 5.28. The molecule has 6 nitrogen and oxygen atoms in total. The van der Waals surface area contributed by atoms with Crippen LogP contribution in [0.3, 0.4) is 0 Å². The first-order valence-electron chi connectivity index (χ1n) is 6.26. The normalized spacial score (nSPS) is 11.8. The molecule has 0 bridgehead atoms. The van der Waals surface area contributed by atoms with Crippen molar-refractivity contribution in [1.29, 1.82) is 0 Å². The minimum atomic E-state index is -3.77. The van der Waals surface area contributed by atoms with Crippen molar-refractivity contribution in [2.24, 2.45) is 0 Å². The lowest BCUT2D eigenvalue weighted by Crippen LogP contribution is -2.27. The van der Waals surface area contributed by atoms with Crippen LogP contribution in [0.5, 0.6) is 0 Å². The van der Waals surface area contributed by atoms with E-state index in [2.05, 4.69) is 14.9 Å². The topological polar surface area (TPSA) is 76.9 Å². The van der Waals surface area contributed by atoms with E-state index >= 15 is 0 Å². The lowest BCUT2D eigenvalue weighted by atomic mass is 10.4. The maximum absolute atomic E-state index is 12.2. The summed E-state index contributed by atoms with van der Waals surface area (Å²) in [6.07, 6.45) is 2.03. The van der Waals surface area contributed by atoms with E-state index in [1.807, 2.05) is 11.5 Å². The maximum atomic E-state index is 12.2. The largest absolute Gasteiger partial charge is 0.318 e. The number of aryl methyl sites for hydroxylation is 1. The average molecular weight is 349 g/mol. The summed E-state index contributed by atoms with van der Waals surface area (Å²) in [5, 5.41) is 7.91. The molecule has 1 aromatic carbocycles. The molecular weight excluding hydrogens is 335 g/mol. The number of rotatable bonds is 6. The van der Waals surface area contributed by atoms with E-state index in [0.717, 1.165) is 6.54 Å². The van der Waals surface area contributed by atoms with Crippen molar-refractivity contribution in [2.45, 2.75) is 24.8 Å². The predicted octanol–water partition coefficient (Wildman–Crippen LogP) is 2.13. The summed E-state index contributed by atoms with van der Waals surface area (Å²) >= 11 is 11.8. The van der Waals surface area contributed by atoms with Gasteiger partial charge in [-0.1, -0.05) is 29.3 Å². The molecule has 1 aromatic heterocycles. The molecule has 0 saturated heterocycles. The first kappa shape index (κ1) is 16.2. The van der Waals surface area contributed by atoms with E-state index in [4.69, 9.17) is 23.2 Å². The summed E-state index contributed by atoms with van der Waals surface area (Å²) in [6.45, 7) is 2.87. The van der Waals surface area contributed by atoms with Gasteiger partial charge in [0.15, 0.2) is 0 Å². The van der Waals surface area contributed by atoms with Gasteiger partial charge in [0.05, 0.1) is 10.0 Å². The van der Waals surface area contributed by atoms with Gasteiger partial charge >= 0.3 is 0 Å². The summed E-state index contributed by atoms with van der Waals surface area (Å²) in [5.74, 6) is 0.713. The molecule has 114 valence electrons. The van der Waals surface area contributed by atoms with Crippen LogP contribution in [0.15, 0.2) is 29.4 Å². The van der Waals surface area contributed by atoms with Crippen LogP contribution >= 0.6 is 23.2 Å². The van der Waals surface area contributed by atoms with Gasteiger partial charge in [-0.25, -0.2) is 13.1 Å². The molecule has 0 aliphatic heterocycles. The highest BCUT2D eigenvalue weighted by Gasteiger charge is 2.21. The molecule has 2 aromatic rings. The Kier molecular flexibility index (Phi) is 5.21. The molecule has 0 amide bonds. The first-order valence-corrected chi connectivity index (χ1v) is 8.50. The fourth-order valence-corrected chi connectivity index (χ4v) is 4.02. The molecular formula is C12H14Cl2N4O2S. The van der Waals surface area contributed by atoms with Crippen LogP contribution in [0.1, 0.15) is 12.7 Å². The van der Waals surface area contributed by atoms with Crippen molar-refractivity contribution in [2.75, 3.05) is 6.54 Å². The van der Waals surface area contributed by atoms with E-state index in [9.17, 15) is 8.42 Å². The molecule has 2 rings (SSSR count). The second kappa shape index (κ2) is 6.74. The van der Waals surface area contributed by atoms with Crippen LogP contribution in [-0.2, 0) is 23.0 Å². The van der Waals surface area contributed by atoms with Crippen LogP contribution in [0, 0.1) is 0 Å². The second-order valence-electron chi connectivity index (χ2n) is 4.23. The van der Waals surface area contributed by atoms with Gasteiger partial charge in [0.2, 0.25) is 10.0 Å². The second-order valence-corrected chi connectivity index (χ2v) is 6.75. The first-order chi connectivity index (χ1) is 9.95. The Labute approximate surface area is 133 Å². The van der Waals surface area contributed by atoms with Gasteiger partial charge in [-0.2, -0.15) is 0 Å². The molecule has 0 spiro atoms. The van der Waals surface area contributed by atoms with Crippen molar-refractivity contribution in [3.63, 3.8) is 0 Å². The molecule has 0 radical (unpaired) electrons. The van der Waals surface area contributed by atoms with Crippen LogP contribution < -0.4 is 4.72 Å². The third kappa shape index (κ3) is 3.74. The SMILES string of the molecule is CCn1cnnc1CCNS(=O)(=O)c1c(Cl)cccc1Cl. The molecule has 0 saturated carbocycles. The monoisotopic (exact) mass is 348 g/mol. The van der Waals surface area contributed by atoms with Gasteiger partial charge in [-0.15, -0.1) is 10.2 Å². The third-order valence-electron chi connectivity index (χ3n) is 2.86. The van der Waals surface area contributed by atoms with Crippen LogP contribution in [0.25, 0.3) is 0 Å². The fraction of sp³-hybridized carbons (Fsp3) is 0.333. The van der Waals surface area contributed by atoms with Crippen LogP contribution in [-0.4, -0.2) is 29.7 Å². The zero-order valence-electron chi connectivity index (χ0n) is 11.3. The highest BCUT2D eigenvalue weighted by molar-refractivity contribution is 7.89. The Bertz CT molecular complexity index is 710. The number of halogens is 2. The molecule has 0 fully saturated rings. The minimum absolute atomic E-state index is 0.0896. The molecule has 1 N–H and O–H groups in total. The summed E-state index contributed by atoms with van der Waals surface area (Å²) in [6, 6.07) is 4.55. The lowest BCUT2D eigenvalue weighted by molar-refractivity contribution is 0.579. The number of hydrogen-bond acceptors (Lipinski definition) is 4. The fourth-order valence-electron chi connectivity index (χ4n) is 1.85. The van der Waals surface area contributed by atoms with E-state index in [1.54, 1.807) is 12.4 Å². The molecule has 0 atom stereocenters. The Morgan fingerprint density at radius 2 is 1.95 bits per heavy atom. The minimum Gasteiger partial charge on any atom is -0.318 e. The number of nitrogens with zero attached hydrogens (tertiary/aromatic N) is 3. The van der Waals surface area contributed by atoms with Crippen molar-refractivity contribution in [3.8, 4) is 0 Å². The number of nitrogens with one attached hydrogen (secondary N) is 1. The smallest absolute Gasteiger partial charge is 0.243 e. The van der Waals surface area contributed by atoms with Gasteiger partial charge in [0.1, 0.15) is 17.0 Å². The molecule has 0 aliphatic rings. The van der Waals surface area contributed by atoms with Crippen LogP contribution in [0.2, 0.25) is 10.0 Å². The average Bonchev–Trinajstić information content (AvgIpc) is 2.85. The molecule has 0 unspecified atom stereocenters. The van der Waals surface area contributed by atoms with Gasteiger partial charge < -0.3 is 4.57 Å². The predicted molar refractivity (Wildman–Crippen MR) is 81.1 cm³/mol. The van der Waals surface area contributed by atoms with E-state index < -0.39 is 10.0 Å². The van der Waals surface area contributed by atoms with Gasteiger partial charge in [-0.3, -0.25) is 0 Å². The summed E-state index contributed by atoms with van der Waals surface area (Å²) < 4.78 is 28.8. The summed E-state index contributed by atoms with van der Waals surface area (Å²) in [5.41, 5.74) is 0. The Morgan fingerprint density at radius 1 is 1.29 bits per heavy atom. The standard InChI is InChI=1S/C12H14Cl2N4O2S/c1-2-18-8-15-17-11(18)6-7-16-21(19,20)12-9(13)4-3-5-10(12)14/h3-5,8,16H,2,6-7H2,1H3. The van der Waals surface area contributed by atoms with Gasteiger partial charge in [0, 0.05) is 19.5 Å². The Hall–Kier alpha value is -1.15. The quantitative estimate of drug-likeness (QED) is 0.867. The van der Waals surface area contributed by atoms with Gasteiger partial charge in [0.25, 0.3) is 0 Å². The number of hydrogen-bond donors (Lipinski definition) is 1. The number of sulfonamides is 1. The van der Waals surface area contributed by atoms with Crippen molar-refractivity contribution >= 4 is 33.2 Å². The molecule has 9 heteroatoms. The highest BCUT2D eigenvalue weighted by atomic mass is 35.5. The van der Waals surface area contributed by atoms with Crippen molar-refractivity contribution in [3.05, 3.63) is 40.4 Å². The van der Waals surface area contributed by atoms with Crippen molar-refractivity contribution < 1.29 is 8.42 Å². The summed E-state index contributed by atoms with van der Waals surface area (Å²) in [7, 11) is -3.77. The van der Waals surface area contributed by atoms with E-state index in [1.165, 1.54) is 12.1 Å². The van der Waals surface area contributed by atoms with Crippen molar-refractivity contribution in [1.82, 2.24) is 19.5 Å². The zero-order valence-corrected chi connectivity index (χ0v) is 13.6. The Balaban J connectivity index is 2.09. The Morgan fingerprint density at radius 3 is 2.57 bits per heavy atom. The van der Waals surface area contributed by atoms with Crippen LogP contribution in [0.4, 0.5) is 0 Å². The summed E-state index contributed by atoms with van der Waals surface area (Å²) in [4.78, 5) is -0.106. The van der Waals surface area contributed by atoms with E-state index in [-0.39, 0.29) is 21.5 Å². The maximum Gasteiger partial charge on any atom is 0.243 e. The molecule has 1 heterocycles. The molecule has 21 heavy (non-hydrogen) atoms. The molecule has 0 aliphatic carbocycles. The van der Waals surface area contributed by atoms with Gasteiger partial charge in [-0.05, 0) is 19.1 Å². The number of aromatic nitrogens is 3. The zero-order chi connectivity index (χ0) is 15.5. The lowest BCUT2D eigenvalue weighted by Gasteiger charge is -2.10. The highest BCUT2D eigenvalue weighted by Crippen LogP contribution is 2.28. The van der Waals surface area contributed by atoms with E-state index in [0.29, 0.717) is 12.2 Å².